The number of hydrogen-bond acceptors (Lipinski definition) is 3. The van der Waals surface area contributed by atoms with Crippen molar-refractivity contribution in [3.63, 3.8) is 0 Å². The molecule has 7 heteroatoms. The Balaban J connectivity index is 1.65. The Morgan fingerprint density at radius 3 is 2.44 bits per heavy atom. The molecule has 0 saturated carbocycles. The van der Waals surface area contributed by atoms with E-state index in [-0.39, 0.29) is 24.3 Å². The number of urea groups is 1. The quantitative estimate of drug-likeness (QED) is 0.614. The Kier molecular flexibility index (Phi) is 5.51. The second kappa shape index (κ2) is 8.18. The monoisotopic (exact) mass is 364 g/mol. The first-order chi connectivity index (χ1) is 13.1. The first-order valence-electron chi connectivity index (χ1n) is 8.52. The van der Waals surface area contributed by atoms with Crippen molar-refractivity contribution >= 4 is 34.9 Å². The molecule has 4 N–H and O–H groups in total. The Bertz CT molecular complexity index is 877. The Morgan fingerprint density at radius 2 is 1.74 bits per heavy atom. The van der Waals surface area contributed by atoms with Crippen molar-refractivity contribution in [1.29, 1.82) is 0 Å². The second-order valence-corrected chi connectivity index (χ2v) is 6.08. The van der Waals surface area contributed by atoms with E-state index in [4.69, 9.17) is 0 Å². The van der Waals surface area contributed by atoms with Gasteiger partial charge in [0.1, 0.15) is 0 Å². The van der Waals surface area contributed by atoms with Crippen LogP contribution in [0, 0.1) is 0 Å². The minimum atomic E-state index is -0.544. The summed E-state index contributed by atoms with van der Waals surface area (Å²) in [6, 6.07) is 13.7. The molecule has 0 aromatic heterocycles. The maximum Gasteiger partial charge on any atom is 0.319 e. The van der Waals surface area contributed by atoms with E-state index in [1.54, 1.807) is 36.4 Å². The summed E-state index contributed by atoms with van der Waals surface area (Å²) in [4.78, 5) is 36.2. The van der Waals surface area contributed by atoms with Gasteiger partial charge in [0, 0.05) is 30.0 Å². The van der Waals surface area contributed by atoms with Gasteiger partial charge in [-0.3, -0.25) is 9.59 Å². The van der Waals surface area contributed by atoms with E-state index in [1.807, 2.05) is 18.2 Å². The summed E-state index contributed by atoms with van der Waals surface area (Å²) in [7, 11) is 0. The van der Waals surface area contributed by atoms with Crippen LogP contribution in [0.3, 0.4) is 0 Å². The number of carbonyl (C=O) groups excluding carboxylic acids is 3. The van der Waals surface area contributed by atoms with Crippen LogP contribution in [-0.4, -0.2) is 24.4 Å². The molecule has 0 fully saturated rings. The minimum absolute atomic E-state index is 0.103. The molecule has 4 amide bonds. The molecule has 0 saturated heterocycles. The molecule has 2 aromatic rings. The van der Waals surface area contributed by atoms with Gasteiger partial charge in [0.05, 0.1) is 5.92 Å². The molecule has 1 aliphatic rings. The van der Waals surface area contributed by atoms with Crippen LogP contribution in [0.5, 0.6) is 0 Å². The van der Waals surface area contributed by atoms with Crippen molar-refractivity contribution in [3.05, 3.63) is 66.7 Å². The third kappa shape index (κ3) is 4.52. The summed E-state index contributed by atoms with van der Waals surface area (Å²) in [5, 5.41) is 10.9. The summed E-state index contributed by atoms with van der Waals surface area (Å²) in [5.41, 5.74) is 2.64. The number of carbonyl (C=O) groups is 3. The fraction of sp³-hybridized carbons (Fsp3) is 0.150. The molecule has 1 unspecified atom stereocenters. The summed E-state index contributed by atoms with van der Waals surface area (Å²) in [6.45, 7) is 3.90. The number of fused-ring (bicyclic) bond motifs is 1. The van der Waals surface area contributed by atoms with Crippen molar-refractivity contribution in [2.45, 2.75) is 12.3 Å². The third-order valence-electron chi connectivity index (χ3n) is 4.13. The van der Waals surface area contributed by atoms with Crippen LogP contribution in [-0.2, 0) is 9.59 Å². The Labute approximate surface area is 156 Å². The van der Waals surface area contributed by atoms with Crippen LogP contribution < -0.4 is 21.3 Å². The molecular weight excluding hydrogens is 344 g/mol. The van der Waals surface area contributed by atoms with E-state index >= 15 is 0 Å². The average Bonchev–Trinajstić information content (AvgIpc) is 2.67. The fourth-order valence-corrected chi connectivity index (χ4v) is 2.85. The number of nitrogens with one attached hydrogen (secondary N) is 4. The molecule has 1 aliphatic heterocycles. The van der Waals surface area contributed by atoms with Crippen LogP contribution in [0.4, 0.5) is 21.9 Å². The van der Waals surface area contributed by atoms with Gasteiger partial charge in [-0.25, -0.2) is 4.79 Å². The smallest absolute Gasteiger partial charge is 0.319 e. The predicted molar refractivity (Wildman–Crippen MR) is 105 cm³/mol. The van der Waals surface area contributed by atoms with Gasteiger partial charge in [-0.15, -0.1) is 6.58 Å². The zero-order valence-electron chi connectivity index (χ0n) is 14.6. The summed E-state index contributed by atoms with van der Waals surface area (Å²) in [5.74, 6) is -0.974. The van der Waals surface area contributed by atoms with Gasteiger partial charge in [-0.2, -0.15) is 0 Å². The number of rotatable bonds is 5. The minimum Gasteiger partial charge on any atom is -0.334 e. The normalized spacial score (nSPS) is 15.1. The topological polar surface area (TPSA) is 99.3 Å². The molecule has 0 aliphatic carbocycles. The van der Waals surface area contributed by atoms with E-state index in [0.717, 1.165) is 5.56 Å². The molecule has 1 atom stereocenters. The molecule has 1 heterocycles. The SMILES string of the molecule is C=CCNC(=O)Nc1ccc(NC(=O)C2CC(=O)Nc3ccccc32)cc1. The van der Waals surface area contributed by atoms with Crippen LogP contribution in [0.25, 0.3) is 0 Å². The lowest BCUT2D eigenvalue weighted by Crippen LogP contribution is -2.30. The van der Waals surface area contributed by atoms with Gasteiger partial charge >= 0.3 is 6.03 Å². The van der Waals surface area contributed by atoms with Crippen molar-refractivity contribution in [2.75, 3.05) is 22.5 Å². The molecule has 0 spiro atoms. The van der Waals surface area contributed by atoms with E-state index in [1.165, 1.54) is 0 Å². The van der Waals surface area contributed by atoms with Crippen LogP contribution >= 0.6 is 0 Å². The average molecular weight is 364 g/mol. The lowest BCUT2D eigenvalue weighted by Gasteiger charge is -2.24. The molecule has 27 heavy (non-hydrogen) atoms. The first-order valence-corrected chi connectivity index (χ1v) is 8.52. The molecular formula is C20H20N4O3. The lowest BCUT2D eigenvalue weighted by molar-refractivity contribution is -0.123. The molecule has 7 nitrogen and oxygen atoms in total. The largest absolute Gasteiger partial charge is 0.334 e. The van der Waals surface area contributed by atoms with Gasteiger partial charge in [0.15, 0.2) is 0 Å². The molecule has 3 rings (SSSR count). The van der Waals surface area contributed by atoms with E-state index < -0.39 is 5.92 Å². The van der Waals surface area contributed by atoms with Gasteiger partial charge in [-0.05, 0) is 35.9 Å². The lowest BCUT2D eigenvalue weighted by atomic mass is 9.90. The summed E-state index contributed by atoms with van der Waals surface area (Å²) in [6.07, 6.45) is 1.69. The van der Waals surface area contributed by atoms with E-state index in [9.17, 15) is 14.4 Å². The van der Waals surface area contributed by atoms with Crippen molar-refractivity contribution in [2.24, 2.45) is 0 Å². The highest BCUT2D eigenvalue weighted by atomic mass is 16.2. The molecule has 138 valence electrons. The predicted octanol–water partition coefficient (Wildman–Crippen LogP) is 3.06. The zero-order chi connectivity index (χ0) is 19.2. The highest BCUT2D eigenvalue weighted by molar-refractivity contribution is 6.05. The fourth-order valence-electron chi connectivity index (χ4n) is 2.85. The molecule has 2 aromatic carbocycles. The molecule has 0 radical (unpaired) electrons. The van der Waals surface area contributed by atoms with Gasteiger partial charge in [0.2, 0.25) is 11.8 Å². The van der Waals surface area contributed by atoms with Gasteiger partial charge in [-0.1, -0.05) is 24.3 Å². The maximum atomic E-state index is 12.7. The Hall–Kier alpha value is -3.61. The number of amides is 4. The maximum absolute atomic E-state index is 12.7. The number of hydrogen-bond donors (Lipinski definition) is 4. The number of para-hydroxylation sites is 1. The third-order valence-corrected chi connectivity index (χ3v) is 4.13. The Morgan fingerprint density at radius 1 is 1.07 bits per heavy atom. The van der Waals surface area contributed by atoms with Crippen molar-refractivity contribution < 1.29 is 14.4 Å². The van der Waals surface area contributed by atoms with E-state index in [0.29, 0.717) is 23.6 Å². The zero-order valence-corrected chi connectivity index (χ0v) is 14.6. The van der Waals surface area contributed by atoms with Crippen molar-refractivity contribution in [1.82, 2.24) is 5.32 Å². The van der Waals surface area contributed by atoms with Crippen molar-refractivity contribution in [3.8, 4) is 0 Å². The number of anilines is 3. The van der Waals surface area contributed by atoms with Gasteiger partial charge in [0.25, 0.3) is 0 Å². The van der Waals surface area contributed by atoms with Crippen LogP contribution in [0.1, 0.15) is 17.9 Å². The first kappa shape index (κ1) is 18.2. The van der Waals surface area contributed by atoms with Crippen LogP contribution in [0.2, 0.25) is 0 Å². The number of benzene rings is 2. The summed E-state index contributed by atoms with van der Waals surface area (Å²) >= 11 is 0. The highest BCUT2D eigenvalue weighted by Gasteiger charge is 2.30. The van der Waals surface area contributed by atoms with Crippen LogP contribution in [0.15, 0.2) is 61.2 Å². The second-order valence-electron chi connectivity index (χ2n) is 6.08. The van der Waals surface area contributed by atoms with E-state index in [2.05, 4.69) is 27.8 Å². The highest BCUT2D eigenvalue weighted by Crippen LogP contribution is 2.32. The summed E-state index contributed by atoms with van der Waals surface area (Å²) < 4.78 is 0. The molecule has 0 bridgehead atoms. The van der Waals surface area contributed by atoms with Gasteiger partial charge < -0.3 is 21.3 Å². The standard InChI is InChI=1S/C20H20N4O3/c1-2-11-21-20(27)23-14-9-7-13(8-10-14)22-19(26)16-12-18(25)24-17-6-4-3-5-15(16)17/h2-10,16H,1,11-12H2,(H,22,26)(H,24,25)(H2,21,23,27).